The number of carbonyl (C=O) groups excluding carboxylic acids is 2. The van der Waals surface area contributed by atoms with Crippen molar-refractivity contribution in [2.45, 2.75) is 13.8 Å². The zero-order valence-electron chi connectivity index (χ0n) is 15.4. The van der Waals surface area contributed by atoms with Crippen molar-refractivity contribution in [3.05, 3.63) is 102 Å². The molecule has 0 aliphatic heterocycles. The Kier molecular flexibility index (Phi) is 7.56. The Morgan fingerprint density at radius 2 is 1.30 bits per heavy atom. The molecule has 0 saturated carbocycles. The van der Waals surface area contributed by atoms with Crippen molar-refractivity contribution in [1.82, 2.24) is 0 Å². The van der Waals surface area contributed by atoms with Crippen LogP contribution in [0.1, 0.15) is 35.3 Å². The second-order valence-electron chi connectivity index (χ2n) is 5.31. The summed E-state index contributed by atoms with van der Waals surface area (Å²) in [6, 6.07) is 25.1. The van der Waals surface area contributed by atoms with Crippen molar-refractivity contribution in [3.63, 3.8) is 0 Å². The van der Waals surface area contributed by atoms with Gasteiger partial charge >= 0.3 is 5.91 Å². The molecule has 1 amide bonds. The second-order valence-corrected chi connectivity index (χ2v) is 5.31. The van der Waals surface area contributed by atoms with Gasteiger partial charge in [-0.2, -0.15) is 0 Å². The van der Waals surface area contributed by atoms with Crippen LogP contribution in [0.25, 0.3) is 0 Å². The molecule has 0 unspecified atom stereocenters. The maximum absolute atomic E-state index is 12.6. The highest BCUT2D eigenvalue weighted by Gasteiger charge is 2.13. The normalized spacial score (nSPS) is 9.11. The number of anilines is 1. The number of benzene rings is 3. The van der Waals surface area contributed by atoms with Gasteiger partial charge in [-0.05, 0) is 24.3 Å². The first kappa shape index (κ1) is 19.7. The molecule has 0 fully saturated rings. The van der Waals surface area contributed by atoms with E-state index in [1.165, 1.54) is 0 Å². The van der Waals surface area contributed by atoms with Crippen molar-refractivity contribution < 1.29 is 9.59 Å². The molecule has 0 aliphatic rings. The van der Waals surface area contributed by atoms with Gasteiger partial charge in [0.1, 0.15) is 0 Å². The molecule has 134 valence electrons. The zero-order valence-corrected chi connectivity index (χ0v) is 15.4. The Morgan fingerprint density at radius 3 is 1.96 bits per heavy atom. The van der Waals surface area contributed by atoms with Crippen molar-refractivity contribution in [2.24, 2.45) is 0 Å². The predicted octanol–water partition coefficient (Wildman–Crippen LogP) is 4.93. The average Bonchev–Trinajstić information content (AvgIpc) is 2.75. The van der Waals surface area contributed by atoms with E-state index in [1.54, 1.807) is 48.5 Å². The average molecular weight is 355 g/mol. The Bertz CT molecular complexity index is 952. The highest BCUT2D eigenvalue weighted by atomic mass is 16.1. The van der Waals surface area contributed by atoms with Crippen molar-refractivity contribution in [3.8, 4) is 11.8 Å². The Hall–Kier alpha value is -3.64. The van der Waals surface area contributed by atoms with Crippen LogP contribution < -0.4 is 5.32 Å². The number of carbonyl (C=O) groups is 2. The third-order valence-corrected chi connectivity index (χ3v) is 3.55. The van der Waals surface area contributed by atoms with Gasteiger partial charge in [-0.15, -0.1) is 0 Å². The fourth-order valence-electron chi connectivity index (χ4n) is 2.34. The minimum Gasteiger partial charge on any atom is -0.314 e. The first-order valence-corrected chi connectivity index (χ1v) is 8.81. The van der Waals surface area contributed by atoms with Gasteiger partial charge in [0, 0.05) is 22.6 Å². The molecule has 27 heavy (non-hydrogen) atoms. The van der Waals surface area contributed by atoms with E-state index in [-0.39, 0.29) is 5.78 Å². The number of para-hydroxylation sites is 1. The zero-order chi connectivity index (χ0) is 19.5. The summed E-state index contributed by atoms with van der Waals surface area (Å²) in [7, 11) is 0. The fraction of sp³-hybridized carbons (Fsp3) is 0.0833. The molecule has 0 aromatic heterocycles. The highest BCUT2D eigenvalue weighted by Crippen LogP contribution is 2.19. The summed E-state index contributed by atoms with van der Waals surface area (Å²) < 4.78 is 0. The Labute approximate surface area is 160 Å². The van der Waals surface area contributed by atoms with Crippen molar-refractivity contribution in [1.29, 1.82) is 0 Å². The standard InChI is InChI=1S/C22H15NO2.C2H6/c24-21(16-15-17-9-3-1-4-10-17)23-20-14-8-7-13-19(20)22(25)18-11-5-2-6-12-18;1-2/h1-14H,(H,23,24);1-2H3. The molecule has 0 saturated heterocycles. The second kappa shape index (κ2) is 10.4. The summed E-state index contributed by atoms with van der Waals surface area (Å²) in [6.07, 6.45) is 0. The van der Waals surface area contributed by atoms with Crippen LogP contribution in [0.4, 0.5) is 5.69 Å². The lowest BCUT2D eigenvalue weighted by Gasteiger charge is -2.08. The lowest BCUT2D eigenvalue weighted by molar-refractivity contribution is -0.111. The lowest BCUT2D eigenvalue weighted by Crippen LogP contribution is -2.13. The van der Waals surface area contributed by atoms with Gasteiger partial charge in [-0.1, -0.05) is 80.4 Å². The van der Waals surface area contributed by atoms with Crippen LogP contribution in [0.2, 0.25) is 0 Å². The molecule has 3 aromatic rings. The summed E-state index contributed by atoms with van der Waals surface area (Å²) in [4.78, 5) is 24.7. The van der Waals surface area contributed by atoms with Crippen molar-refractivity contribution in [2.75, 3.05) is 5.32 Å². The van der Waals surface area contributed by atoms with Gasteiger partial charge in [0.05, 0.1) is 5.69 Å². The maximum atomic E-state index is 12.6. The summed E-state index contributed by atoms with van der Waals surface area (Å²) in [5, 5.41) is 2.70. The summed E-state index contributed by atoms with van der Waals surface area (Å²) in [6.45, 7) is 4.00. The molecular weight excluding hydrogens is 334 g/mol. The van der Waals surface area contributed by atoms with Crippen molar-refractivity contribution >= 4 is 17.4 Å². The number of hydrogen-bond donors (Lipinski definition) is 1. The molecule has 0 spiro atoms. The molecule has 3 rings (SSSR count). The minimum atomic E-state index is -0.461. The molecule has 0 radical (unpaired) electrons. The Morgan fingerprint density at radius 1 is 0.741 bits per heavy atom. The first-order valence-electron chi connectivity index (χ1n) is 8.81. The predicted molar refractivity (Wildman–Crippen MR) is 110 cm³/mol. The van der Waals surface area contributed by atoms with E-state index in [9.17, 15) is 9.59 Å². The molecular formula is C24H21NO2. The van der Waals surface area contributed by atoms with E-state index in [1.807, 2.05) is 50.2 Å². The number of rotatable bonds is 3. The quantitative estimate of drug-likeness (QED) is 0.535. The molecule has 1 N–H and O–H groups in total. The van der Waals surface area contributed by atoms with Crippen LogP contribution in [0.5, 0.6) is 0 Å². The first-order chi connectivity index (χ1) is 13.2. The number of hydrogen-bond acceptors (Lipinski definition) is 2. The molecule has 0 aliphatic carbocycles. The SMILES string of the molecule is CC.O=C(C#Cc1ccccc1)Nc1ccccc1C(=O)c1ccccc1. The third kappa shape index (κ3) is 5.69. The van der Waals surface area contributed by atoms with E-state index < -0.39 is 5.91 Å². The van der Waals surface area contributed by atoms with Gasteiger partial charge in [0.15, 0.2) is 5.78 Å². The highest BCUT2D eigenvalue weighted by molar-refractivity contribution is 6.15. The third-order valence-electron chi connectivity index (χ3n) is 3.55. The van der Waals surface area contributed by atoms with Crippen LogP contribution >= 0.6 is 0 Å². The molecule has 3 heteroatoms. The largest absolute Gasteiger partial charge is 0.314 e. The summed E-state index contributed by atoms with van der Waals surface area (Å²) >= 11 is 0. The van der Waals surface area contributed by atoms with Gasteiger partial charge in [-0.25, -0.2) is 0 Å². The topological polar surface area (TPSA) is 46.2 Å². The van der Waals surface area contributed by atoms with Crippen LogP contribution in [0.15, 0.2) is 84.9 Å². The number of ketones is 1. The molecule has 0 atom stereocenters. The smallest absolute Gasteiger partial charge is 0.300 e. The monoisotopic (exact) mass is 355 g/mol. The summed E-state index contributed by atoms with van der Waals surface area (Å²) in [5.74, 6) is 4.73. The summed E-state index contributed by atoms with van der Waals surface area (Å²) in [5.41, 5.74) is 2.21. The van der Waals surface area contributed by atoms with Crippen LogP contribution in [0, 0.1) is 11.8 Å². The maximum Gasteiger partial charge on any atom is 0.300 e. The van der Waals surface area contributed by atoms with Crippen LogP contribution in [-0.2, 0) is 4.79 Å². The van der Waals surface area contributed by atoms with Gasteiger partial charge < -0.3 is 5.32 Å². The molecule has 3 nitrogen and oxygen atoms in total. The number of nitrogens with one attached hydrogen (secondary N) is 1. The Balaban J connectivity index is 0.00000126. The lowest BCUT2D eigenvalue weighted by atomic mass is 10.0. The van der Waals surface area contributed by atoms with Crippen LogP contribution in [0.3, 0.4) is 0 Å². The van der Waals surface area contributed by atoms with E-state index in [0.717, 1.165) is 5.56 Å². The van der Waals surface area contributed by atoms with E-state index in [2.05, 4.69) is 17.2 Å². The van der Waals surface area contributed by atoms with Gasteiger partial charge in [-0.3, -0.25) is 9.59 Å². The minimum absolute atomic E-state index is 0.146. The molecule has 3 aromatic carbocycles. The van der Waals surface area contributed by atoms with Gasteiger partial charge in [0.25, 0.3) is 0 Å². The number of amides is 1. The van der Waals surface area contributed by atoms with E-state index >= 15 is 0 Å². The van der Waals surface area contributed by atoms with E-state index in [4.69, 9.17) is 0 Å². The van der Waals surface area contributed by atoms with Crippen LogP contribution in [-0.4, -0.2) is 11.7 Å². The molecule has 0 heterocycles. The fourth-order valence-corrected chi connectivity index (χ4v) is 2.34. The van der Waals surface area contributed by atoms with Gasteiger partial charge in [0.2, 0.25) is 0 Å². The van der Waals surface area contributed by atoms with E-state index in [0.29, 0.717) is 16.8 Å². The molecule has 0 bridgehead atoms.